The van der Waals surface area contributed by atoms with Crippen LogP contribution in [0.15, 0.2) is 38.6 Å². The first-order valence-electron chi connectivity index (χ1n) is 6.99. The first-order chi connectivity index (χ1) is 11.3. The van der Waals surface area contributed by atoms with Gasteiger partial charge in [0.05, 0.1) is 15.4 Å². The summed E-state index contributed by atoms with van der Waals surface area (Å²) in [5.41, 5.74) is 7.63. The zero-order valence-corrected chi connectivity index (χ0v) is 13.7. The SMILES string of the molecule is Cc1cc(-c2ccc(/C=C3\SC(N)=NC3=O)o2)c([N+](=O)[O-])cc1C. The quantitative estimate of drug-likeness (QED) is 0.519. The minimum Gasteiger partial charge on any atom is -0.456 e. The number of thioether (sulfide) groups is 1. The number of amidine groups is 1. The molecular formula is C16H13N3O4S. The Hall–Kier alpha value is -2.87. The molecule has 2 N–H and O–H groups in total. The highest BCUT2D eigenvalue weighted by atomic mass is 32.2. The lowest BCUT2D eigenvalue weighted by Gasteiger charge is -2.04. The molecule has 0 aliphatic carbocycles. The fourth-order valence-corrected chi connectivity index (χ4v) is 2.94. The molecule has 1 aliphatic heterocycles. The maximum absolute atomic E-state index is 11.6. The number of aliphatic imine (C=N–C) groups is 1. The average molecular weight is 343 g/mol. The molecule has 0 bridgehead atoms. The monoisotopic (exact) mass is 343 g/mol. The van der Waals surface area contributed by atoms with Gasteiger partial charge >= 0.3 is 0 Å². The van der Waals surface area contributed by atoms with Crippen molar-refractivity contribution in [3.8, 4) is 11.3 Å². The second kappa shape index (κ2) is 5.97. The number of nitro benzene ring substituents is 1. The van der Waals surface area contributed by atoms with E-state index in [-0.39, 0.29) is 10.9 Å². The van der Waals surface area contributed by atoms with Crippen molar-refractivity contribution in [1.82, 2.24) is 0 Å². The number of hydrogen-bond acceptors (Lipinski definition) is 6. The highest BCUT2D eigenvalue weighted by molar-refractivity contribution is 8.18. The topological polar surface area (TPSA) is 112 Å². The van der Waals surface area contributed by atoms with E-state index in [0.717, 1.165) is 22.9 Å². The van der Waals surface area contributed by atoms with Crippen molar-refractivity contribution in [3.63, 3.8) is 0 Å². The second-order valence-electron chi connectivity index (χ2n) is 5.28. The van der Waals surface area contributed by atoms with Gasteiger partial charge in [0.25, 0.3) is 11.6 Å². The van der Waals surface area contributed by atoms with Crippen molar-refractivity contribution < 1.29 is 14.1 Å². The van der Waals surface area contributed by atoms with Crippen molar-refractivity contribution in [1.29, 1.82) is 0 Å². The van der Waals surface area contributed by atoms with Crippen molar-refractivity contribution >= 4 is 34.6 Å². The van der Waals surface area contributed by atoms with Gasteiger partial charge in [-0.05, 0) is 54.9 Å². The molecule has 7 nitrogen and oxygen atoms in total. The van der Waals surface area contributed by atoms with E-state index in [2.05, 4.69) is 4.99 Å². The predicted molar refractivity (Wildman–Crippen MR) is 92.5 cm³/mol. The first kappa shape index (κ1) is 16.0. The van der Waals surface area contributed by atoms with Gasteiger partial charge in [-0.25, -0.2) is 0 Å². The Morgan fingerprint density at radius 1 is 1.29 bits per heavy atom. The molecule has 122 valence electrons. The van der Waals surface area contributed by atoms with E-state index >= 15 is 0 Å². The number of rotatable bonds is 3. The van der Waals surface area contributed by atoms with Gasteiger partial charge in [0.1, 0.15) is 11.5 Å². The zero-order chi connectivity index (χ0) is 17.4. The van der Waals surface area contributed by atoms with E-state index < -0.39 is 10.8 Å². The summed E-state index contributed by atoms with van der Waals surface area (Å²) in [6.45, 7) is 3.69. The van der Waals surface area contributed by atoms with E-state index in [1.54, 1.807) is 18.2 Å². The van der Waals surface area contributed by atoms with E-state index in [1.807, 2.05) is 13.8 Å². The van der Waals surface area contributed by atoms with E-state index in [9.17, 15) is 14.9 Å². The van der Waals surface area contributed by atoms with Crippen LogP contribution in [0.3, 0.4) is 0 Å². The van der Waals surface area contributed by atoms with E-state index in [1.165, 1.54) is 12.1 Å². The van der Waals surface area contributed by atoms with Crippen LogP contribution in [0.1, 0.15) is 16.9 Å². The molecule has 1 aromatic carbocycles. The molecule has 1 aromatic heterocycles. The van der Waals surface area contributed by atoms with Gasteiger partial charge in [-0.2, -0.15) is 4.99 Å². The third-order valence-electron chi connectivity index (χ3n) is 3.61. The summed E-state index contributed by atoms with van der Waals surface area (Å²) in [7, 11) is 0. The normalized spacial score (nSPS) is 15.8. The smallest absolute Gasteiger partial charge is 0.286 e. The van der Waals surface area contributed by atoms with Crippen molar-refractivity contribution in [3.05, 3.63) is 56.2 Å². The minimum absolute atomic E-state index is 0.0226. The van der Waals surface area contributed by atoms with Crippen LogP contribution < -0.4 is 5.73 Å². The van der Waals surface area contributed by atoms with Crippen molar-refractivity contribution in [2.24, 2.45) is 10.7 Å². The number of furan rings is 1. The number of hydrogen-bond donors (Lipinski definition) is 1. The Morgan fingerprint density at radius 2 is 2.00 bits per heavy atom. The van der Waals surface area contributed by atoms with Gasteiger partial charge in [0.2, 0.25) is 0 Å². The maximum Gasteiger partial charge on any atom is 0.286 e. The number of nitro groups is 1. The van der Waals surface area contributed by atoms with Crippen LogP contribution in [0.25, 0.3) is 17.4 Å². The van der Waals surface area contributed by atoms with Crippen LogP contribution in [0, 0.1) is 24.0 Å². The molecule has 0 unspecified atom stereocenters. The van der Waals surface area contributed by atoms with Crippen LogP contribution in [-0.2, 0) is 4.79 Å². The lowest BCUT2D eigenvalue weighted by molar-refractivity contribution is -0.384. The molecule has 0 saturated carbocycles. The molecule has 3 rings (SSSR count). The summed E-state index contributed by atoms with van der Waals surface area (Å²) in [5.74, 6) is 0.340. The zero-order valence-electron chi connectivity index (χ0n) is 12.9. The molecular weight excluding hydrogens is 330 g/mol. The van der Waals surface area contributed by atoms with E-state index in [0.29, 0.717) is 22.0 Å². The Bertz CT molecular complexity index is 927. The molecule has 0 radical (unpaired) electrons. The van der Waals surface area contributed by atoms with Gasteiger partial charge in [0.15, 0.2) is 5.17 Å². The fraction of sp³-hybridized carbons (Fsp3) is 0.125. The highest BCUT2D eigenvalue weighted by Gasteiger charge is 2.22. The first-order valence-corrected chi connectivity index (χ1v) is 7.80. The molecule has 8 heteroatoms. The molecule has 24 heavy (non-hydrogen) atoms. The number of carbonyl (C=O) groups excluding carboxylic acids is 1. The Morgan fingerprint density at radius 3 is 2.62 bits per heavy atom. The number of aryl methyl sites for hydroxylation is 2. The van der Waals surface area contributed by atoms with Crippen LogP contribution in [0.5, 0.6) is 0 Å². The number of nitrogens with two attached hydrogens (primary N) is 1. The summed E-state index contributed by atoms with van der Waals surface area (Å²) in [6.07, 6.45) is 1.52. The van der Waals surface area contributed by atoms with E-state index in [4.69, 9.17) is 10.2 Å². The van der Waals surface area contributed by atoms with Gasteiger partial charge in [0, 0.05) is 12.1 Å². The number of benzene rings is 1. The van der Waals surface area contributed by atoms with Gasteiger partial charge in [-0.15, -0.1) is 0 Å². The van der Waals surface area contributed by atoms with Gasteiger partial charge in [-0.3, -0.25) is 14.9 Å². The molecule has 0 fully saturated rings. The Balaban J connectivity index is 2.00. The lowest BCUT2D eigenvalue weighted by atomic mass is 10.0. The standard InChI is InChI=1S/C16H13N3O4S/c1-8-5-11(12(19(21)22)6-9(8)2)13-4-3-10(23-13)7-14-15(20)18-16(17)24-14/h3-7H,1-2H3,(H2,17,18,20)/b14-7-. The number of carbonyl (C=O) groups is 1. The summed E-state index contributed by atoms with van der Waals surface area (Å²) >= 11 is 1.06. The number of nitrogens with zero attached hydrogens (tertiary/aromatic N) is 2. The minimum atomic E-state index is -0.437. The largest absolute Gasteiger partial charge is 0.456 e. The number of amides is 1. The molecule has 1 amide bonds. The van der Waals surface area contributed by atoms with Crippen LogP contribution >= 0.6 is 11.8 Å². The average Bonchev–Trinajstić information content (AvgIpc) is 3.08. The Kier molecular flexibility index (Phi) is 3.98. The highest BCUT2D eigenvalue weighted by Crippen LogP contribution is 2.35. The van der Waals surface area contributed by atoms with Crippen LogP contribution in [0.4, 0.5) is 5.69 Å². The summed E-state index contributed by atoms with van der Waals surface area (Å²) in [5, 5.41) is 11.5. The molecule has 0 atom stereocenters. The van der Waals surface area contributed by atoms with Crippen molar-refractivity contribution in [2.45, 2.75) is 13.8 Å². The fourth-order valence-electron chi connectivity index (χ4n) is 2.28. The second-order valence-corrected chi connectivity index (χ2v) is 6.34. The van der Waals surface area contributed by atoms with Crippen molar-refractivity contribution in [2.75, 3.05) is 0 Å². The summed E-state index contributed by atoms with van der Waals surface area (Å²) in [4.78, 5) is 26.4. The summed E-state index contributed by atoms with van der Waals surface area (Å²) in [6, 6.07) is 6.53. The lowest BCUT2D eigenvalue weighted by Crippen LogP contribution is -2.01. The van der Waals surface area contributed by atoms with Crippen LogP contribution in [-0.4, -0.2) is 16.0 Å². The predicted octanol–water partition coefficient (Wildman–Crippen LogP) is 3.40. The molecule has 1 aliphatic rings. The van der Waals surface area contributed by atoms with Crippen LogP contribution in [0.2, 0.25) is 0 Å². The third kappa shape index (κ3) is 2.95. The molecule has 2 aromatic rings. The molecule has 0 saturated heterocycles. The summed E-state index contributed by atoms with van der Waals surface area (Å²) < 4.78 is 5.66. The molecule has 0 spiro atoms. The Labute approximate surface area is 141 Å². The maximum atomic E-state index is 11.6. The van der Waals surface area contributed by atoms with Gasteiger partial charge in [-0.1, -0.05) is 0 Å². The molecule has 2 heterocycles. The third-order valence-corrected chi connectivity index (χ3v) is 4.42. The van der Waals surface area contributed by atoms with Gasteiger partial charge < -0.3 is 10.2 Å².